The van der Waals surface area contributed by atoms with Crippen LogP contribution in [-0.2, 0) is 0 Å². The molecule has 0 spiro atoms. The second-order valence-corrected chi connectivity index (χ2v) is 5.80. The number of hydrogen-bond acceptors (Lipinski definition) is 3. The van der Waals surface area contributed by atoms with E-state index in [0.717, 1.165) is 5.69 Å². The molecule has 0 aliphatic carbocycles. The highest BCUT2D eigenvalue weighted by Crippen LogP contribution is 2.37. The Balaban J connectivity index is 2.51. The van der Waals surface area contributed by atoms with Crippen LogP contribution in [0.25, 0.3) is 0 Å². The minimum absolute atomic E-state index is 0.380. The number of pyridine rings is 1. The second kappa shape index (κ2) is 6.01. The minimum Gasteiger partial charge on any atom is -0.454 e. The lowest BCUT2D eigenvalue weighted by Crippen LogP contribution is -1.96. The number of nitriles is 1. The smallest absolute Gasteiger partial charge is 0.148 e. The Kier molecular flexibility index (Phi) is 4.54. The van der Waals surface area contributed by atoms with Crippen LogP contribution in [0.5, 0.6) is 11.5 Å². The van der Waals surface area contributed by atoms with Gasteiger partial charge < -0.3 is 4.74 Å². The minimum atomic E-state index is 0.380. The summed E-state index contributed by atoms with van der Waals surface area (Å²) in [5.74, 6) is 0.805. The summed E-state index contributed by atoms with van der Waals surface area (Å²) in [4.78, 5) is 4.23. The Hall–Kier alpha value is -1.28. The van der Waals surface area contributed by atoms with Crippen LogP contribution in [-0.4, -0.2) is 4.98 Å². The van der Waals surface area contributed by atoms with Gasteiger partial charge in [0.1, 0.15) is 23.1 Å². The number of hydrogen-bond donors (Lipinski definition) is 0. The third-order valence-corrected chi connectivity index (χ3v) is 4.09. The first-order valence-electron chi connectivity index (χ1n) is 5.63. The molecule has 0 aliphatic rings. The molecular formula is C14H9BrCl2N2O. The average molecular weight is 372 g/mol. The fraction of sp³-hybridized carbons (Fsp3) is 0.143. The summed E-state index contributed by atoms with van der Waals surface area (Å²) in [6, 6.07) is 7.02. The largest absolute Gasteiger partial charge is 0.454 e. The summed E-state index contributed by atoms with van der Waals surface area (Å²) < 4.78 is 6.41. The van der Waals surface area contributed by atoms with Crippen LogP contribution in [0.15, 0.2) is 22.7 Å². The fourth-order valence-electron chi connectivity index (χ4n) is 1.71. The second-order valence-electron chi connectivity index (χ2n) is 4.13. The van der Waals surface area contributed by atoms with Gasteiger partial charge in [-0.3, -0.25) is 4.98 Å². The normalized spacial score (nSPS) is 10.2. The van der Waals surface area contributed by atoms with E-state index < -0.39 is 0 Å². The molecule has 0 unspecified atom stereocenters. The molecule has 1 heterocycles. The van der Waals surface area contributed by atoms with E-state index in [4.69, 9.17) is 27.9 Å². The van der Waals surface area contributed by atoms with Gasteiger partial charge in [0.05, 0.1) is 15.7 Å². The highest BCUT2D eigenvalue weighted by molar-refractivity contribution is 9.10. The summed E-state index contributed by atoms with van der Waals surface area (Å²) in [6.07, 6.45) is 0. The zero-order valence-corrected chi connectivity index (χ0v) is 13.8. The number of nitrogens with zero attached hydrogens (tertiary/aromatic N) is 2. The Morgan fingerprint density at radius 3 is 2.50 bits per heavy atom. The van der Waals surface area contributed by atoms with Crippen molar-refractivity contribution < 1.29 is 4.74 Å². The predicted molar refractivity (Wildman–Crippen MR) is 82.7 cm³/mol. The van der Waals surface area contributed by atoms with Crippen molar-refractivity contribution in [1.29, 1.82) is 5.26 Å². The van der Waals surface area contributed by atoms with Crippen LogP contribution in [0.1, 0.15) is 17.0 Å². The van der Waals surface area contributed by atoms with E-state index in [1.54, 1.807) is 25.1 Å². The Labute approximate surface area is 135 Å². The van der Waals surface area contributed by atoms with Gasteiger partial charge in [-0.1, -0.05) is 23.2 Å². The summed E-state index contributed by atoms with van der Waals surface area (Å²) in [6.45, 7) is 3.59. The van der Waals surface area contributed by atoms with Crippen LogP contribution < -0.4 is 4.74 Å². The van der Waals surface area contributed by atoms with Crippen LogP contribution in [0.4, 0.5) is 0 Å². The van der Waals surface area contributed by atoms with Crippen molar-refractivity contribution in [2.24, 2.45) is 0 Å². The molecule has 1 aromatic heterocycles. The van der Waals surface area contributed by atoms with Gasteiger partial charge in [0, 0.05) is 22.3 Å². The summed E-state index contributed by atoms with van der Waals surface area (Å²) >= 11 is 15.4. The third-order valence-electron chi connectivity index (χ3n) is 2.60. The summed E-state index contributed by atoms with van der Waals surface area (Å²) in [5, 5.41) is 10.1. The van der Waals surface area contributed by atoms with E-state index in [-0.39, 0.29) is 0 Å². The molecule has 0 amide bonds. The molecule has 0 aliphatic heterocycles. The molecular weight excluding hydrogens is 363 g/mol. The van der Waals surface area contributed by atoms with E-state index in [2.05, 4.69) is 27.0 Å². The Bertz CT molecular complexity index is 726. The quantitative estimate of drug-likeness (QED) is 0.661. The lowest BCUT2D eigenvalue weighted by Gasteiger charge is -2.12. The van der Waals surface area contributed by atoms with Gasteiger partial charge in [-0.15, -0.1) is 0 Å². The van der Waals surface area contributed by atoms with Crippen LogP contribution >= 0.6 is 39.1 Å². The van der Waals surface area contributed by atoms with Gasteiger partial charge in [0.15, 0.2) is 0 Å². The maximum atomic E-state index is 9.20. The third kappa shape index (κ3) is 3.06. The van der Waals surface area contributed by atoms with Crippen molar-refractivity contribution in [1.82, 2.24) is 4.98 Å². The van der Waals surface area contributed by atoms with Crippen molar-refractivity contribution in [3.8, 4) is 17.6 Å². The van der Waals surface area contributed by atoms with E-state index in [1.807, 2.05) is 6.92 Å². The van der Waals surface area contributed by atoms with Gasteiger partial charge >= 0.3 is 0 Å². The fourth-order valence-corrected chi connectivity index (χ4v) is 2.54. The Morgan fingerprint density at radius 2 is 1.85 bits per heavy atom. The average Bonchev–Trinajstić information content (AvgIpc) is 2.35. The maximum Gasteiger partial charge on any atom is 0.148 e. The highest BCUT2D eigenvalue weighted by Gasteiger charge is 2.13. The van der Waals surface area contributed by atoms with E-state index in [1.165, 1.54) is 0 Å². The number of ether oxygens (including phenoxy) is 1. The molecule has 0 fully saturated rings. The van der Waals surface area contributed by atoms with Crippen LogP contribution in [0.2, 0.25) is 10.0 Å². The van der Waals surface area contributed by atoms with Crippen molar-refractivity contribution in [3.63, 3.8) is 0 Å². The zero-order valence-electron chi connectivity index (χ0n) is 10.7. The number of halogens is 3. The summed E-state index contributed by atoms with van der Waals surface area (Å²) in [7, 11) is 0. The lowest BCUT2D eigenvalue weighted by atomic mass is 10.2. The maximum absolute atomic E-state index is 9.20. The number of rotatable bonds is 2. The number of benzene rings is 1. The van der Waals surface area contributed by atoms with E-state index in [9.17, 15) is 5.26 Å². The molecule has 3 nitrogen and oxygen atoms in total. The molecule has 6 heteroatoms. The molecule has 2 aromatic rings. The molecule has 0 radical (unpaired) electrons. The van der Waals surface area contributed by atoms with Crippen molar-refractivity contribution in [2.45, 2.75) is 13.8 Å². The standard InChI is InChI=1S/C14H9BrCl2N2O/c1-7-3-13(9(6-18)8(2)19-7)20-14-5-11(16)10(15)4-12(14)17/h3-5H,1-2H3. The molecule has 1 aromatic carbocycles. The van der Waals surface area contributed by atoms with Crippen LogP contribution in [0, 0.1) is 25.2 Å². The molecule has 2 rings (SSSR count). The highest BCUT2D eigenvalue weighted by atomic mass is 79.9. The first kappa shape index (κ1) is 15.1. The van der Waals surface area contributed by atoms with Gasteiger partial charge in [-0.2, -0.15) is 5.26 Å². The van der Waals surface area contributed by atoms with Gasteiger partial charge in [0.25, 0.3) is 0 Å². The van der Waals surface area contributed by atoms with Crippen molar-refractivity contribution >= 4 is 39.1 Å². The molecule has 0 N–H and O–H groups in total. The van der Waals surface area contributed by atoms with Crippen molar-refractivity contribution in [3.05, 3.63) is 49.7 Å². The zero-order chi connectivity index (χ0) is 14.9. The van der Waals surface area contributed by atoms with Crippen LogP contribution in [0.3, 0.4) is 0 Å². The van der Waals surface area contributed by atoms with E-state index >= 15 is 0 Å². The van der Waals surface area contributed by atoms with Gasteiger partial charge in [0.2, 0.25) is 0 Å². The first-order chi connectivity index (χ1) is 9.42. The lowest BCUT2D eigenvalue weighted by molar-refractivity contribution is 0.479. The predicted octanol–water partition coefficient (Wildman–Crippen LogP) is 5.43. The van der Waals surface area contributed by atoms with Gasteiger partial charge in [-0.25, -0.2) is 0 Å². The first-order valence-corrected chi connectivity index (χ1v) is 7.18. The molecule has 102 valence electrons. The van der Waals surface area contributed by atoms with Crippen molar-refractivity contribution in [2.75, 3.05) is 0 Å². The number of aromatic nitrogens is 1. The SMILES string of the molecule is Cc1cc(Oc2cc(Cl)c(Br)cc2Cl)c(C#N)c(C)n1. The molecule has 20 heavy (non-hydrogen) atoms. The monoisotopic (exact) mass is 370 g/mol. The van der Waals surface area contributed by atoms with E-state index in [0.29, 0.717) is 37.3 Å². The number of aryl methyl sites for hydroxylation is 2. The van der Waals surface area contributed by atoms with Gasteiger partial charge in [-0.05, 0) is 35.8 Å². The molecule has 0 saturated heterocycles. The Morgan fingerprint density at radius 1 is 1.15 bits per heavy atom. The summed E-state index contributed by atoms with van der Waals surface area (Å²) in [5.41, 5.74) is 1.75. The molecule has 0 atom stereocenters. The molecule has 0 saturated carbocycles. The topological polar surface area (TPSA) is 45.9 Å². The molecule has 0 bridgehead atoms.